The van der Waals surface area contributed by atoms with E-state index in [9.17, 15) is 4.79 Å². The molecule has 5 nitrogen and oxygen atoms in total. The van der Waals surface area contributed by atoms with Crippen LogP contribution >= 0.6 is 0 Å². The summed E-state index contributed by atoms with van der Waals surface area (Å²) in [6, 6.07) is 7.13. The Balaban J connectivity index is 1.77. The molecule has 2 atom stereocenters. The van der Waals surface area contributed by atoms with Crippen molar-refractivity contribution in [2.24, 2.45) is 0 Å². The van der Waals surface area contributed by atoms with Crippen molar-refractivity contribution in [1.29, 1.82) is 0 Å². The lowest BCUT2D eigenvalue weighted by molar-refractivity contribution is -0.104. The summed E-state index contributed by atoms with van der Waals surface area (Å²) in [6.07, 6.45) is 7.09. The van der Waals surface area contributed by atoms with Gasteiger partial charge in [0.2, 0.25) is 0 Å². The molecule has 3 rings (SSSR count). The quantitative estimate of drug-likeness (QED) is 0.619. The minimum Gasteiger partial charge on any atom is -0.369 e. The van der Waals surface area contributed by atoms with Gasteiger partial charge in [-0.15, -0.1) is 0 Å². The Morgan fingerprint density at radius 1 is 1.28 bits per heavy atom. The summed E-state index contributed by atoms with van der Waals surface area (Å²) in [6.45, 7) is 9.44. The van der Waals surface area contributed by atoms with E-state index in [4.69, 9.17) is 0 Å². The Kier molecular flexibility index (Phi) is 5.43. The molecule has 25 heavy (non-hydrogen) atoms. The Bertz CT molecular complexity index is 773. The van der Waals surface area contributed by atoms with E-state index in [0.717, 1.165) is 49.1 Å². The minimum atomic E-state index is 0.331. The summed E-state index contributed by atoms with van der Waals surface area (Å²) < 4.78 is 0. The molecular weight excluding hydrogens is 312 g/mol. The summed E-state index contributed by atoms with van der Waals surface area (Å²) in [5, 5.41) is 0. The number of carbonyl (C=O) groups is 1. The Hall–Kier alpha value is -2.27. The molecule has 5 heteroatoms. The highest BCUT2D eigenvalue weighted by Gasteiger charge is 2.28. The fourth-order valence-electron chi connectivity index (χ4n) is 3.69. The Morgan fingerprint density at radius 2 is 2.04 bits per heavy atom. The Labute approximate surface area is 149 Å². The molecule has 2 heterocycles. The van der Waals surface area contributed by atoms with Gasteiger partial charge in [0.1, 0.15) is 6.29 Å². The molecule has 0 bridgehead atoms. The zero-order valence-corrected chi connectivity index (χ0v) is 15.2. The second kappa shape index (κ2) is 7.74. The number of piperazine rings is 1. The maximum absolute atomic E-state index is 10.8. The van der Waals surface area contributed by atoms with Gasteiger partial charge in [-0.2, -0.15) is 0 Å². The molecule has 132 valence electrons. The first-order valence-corrected chi connectivity index (χ1v) is 8.97. The molecule has 2 unspecified atom stereocenters. The fourth-order valence-corrected chi connectivity index (χ4v) is 3.69. The molecule has 0 radical (unpaired) electrons. The summed E-state index contributed by atoms with van der Waals surface area (Å²) >= 11 is 0. The SMILES string of the molecule is CCC1CN(C(C)c2ccc3nccnc3c2)CCN1/C(C)=C/C=O. The number of benzene rings is 1. The van der Waals surface area contributed by atoms with E-state index < -0.39 is 0 Å². The first kappa shape index (κ1) is 17.5. The predicted octanol–water partition coefficient (Wildman–Crippen LogP) is 3.19. The Morgan fingerprint density at radius 3 is 2.76 bits per heavy atom. The van der Waals surface area contributed by atoms with E-state index in [1.165, 1.54) is 5.56 Å². The molecular formula is C20H26N4O. The van der Waals surface area contributed by atoms with Crippen LogP contribution in [0.5, 0.6) is 0 Å². The average molecular weight is 338 g/mol. The van der Waals surface area contributed by atoms with Gasteiger partial charge >= 0.3 is 0 Å². The van der Waals surface area contributed by atoms with Crippen LogP contribution in [-0.4, -0.2) is 51.7 Å². The van der Waals surface area contributed by atoms with Crippen molar-refractivity contribution in [3.05, 3.63) is 47.9 Å². The maximum atomic E-state index is 10.8. The first-order chi connectivity index (χ1) is 12.1. The van der Waals surface area contributed by atoms with Gasteiger partial charge in [0.15, 0.2) is 0 Å². The van der Waals surface area contributed by atoms with E-state index in [-0.39, 0.29) is 0 Å². The van der Waals surface area contributed by atoms with Crippen LogP contribution in [0.2, 0.25) is 0 Å². The molecule has 0 saturated carbocycles. The molecule has 0 N–H and O–H groups in total. The standard InChI is InChI=1S/C20H26N4O/c1-4-18-14-23(10-11-24(18)15(2)7-12-25)16(3)17-5-6-19-20(13-17)22-9-8-21-19/h5-9,12-13,16,18H,4,10-11,14H2,1-3H3/b15-7+. The van der Waals surface area contributed by atoms with Crippen LogP contribution in [0.1, 0.15) is 38.8 Å². The van der Waals surface area contributed by atoms with Crippen molar-refractivity contribution in [1.82, 2.24) is 19.8 Å². The van der Waals surface area contributed by atoms with Crippen molar-refractivity contribution >= 4 is 17.3 Å². The van der Waals surface area contributed by atoms with Gasteiger partial charge in [-0.05, 0) is 44.0 Å². The lowest BCUT2D eigenvalue weighted by atomic mass is 10.0. The molecule has 2 aromatic rings. The monoisotopic (exact) mass is 338 g/mol. The zero-order chi connectivity index (χ0) is 17.8. The van der Waals surface area contributed by atoms with E-state index >= 15 is 0 Å². The lowest BCUT2D eigenvalue weighted by Gasteiger charge is -2.45. The van der Waals surface area contributed by atoms with Crippen molar-refractivity contribution < 1.29 is 4.79 Å². The van der Waals surface area contributed by atoms with Crippen LogP contribution in [0.25, 0.3) is 11.0 Å². The molecule has 1 saturated heterocycles. The van der Waals surface area contributed by atoms with E-state index in [0.29, 0.717) is 12.1 Å². The summed E-state index contributed by atoms with van der Waals surface area (Å²) in [5.41, 5.74) is 4.22. The molecule has 0 spiro atoms. The van der Waals surface area contributed by atoms with Crippen molar-refractivity contribution in [3.8, 4) is 0 Å². The number of rotatable bonds is 5. The van der Waals surface area contributed by atoms with Crippen molar-refractivity contribution in [3.63, 3.8) is 0 Å². The largest absolute Gasteiger partial charge is 0.369 e. The average Bonchev–Trinajstić information content (AvgIpc) is 2.66. The highest BCUT2D eigenvalue weighted by Crippen LogP contribution is 2.27. The molecule has 0 aliphatic carbocycles. The van der Waals surface area contributed by atoms with Gasteiger partial charge in [0.25, 0.3) is 0 Å². The number of hydrogen-bond donors (Lipinski definition) is 0. The second-order valence-corrected chi connectivity index (χ2v) is 6.67. The number of aromatic nitrogens is 2. The second-order valence-electron chi connectivity index (χ2n) is 6.67. The topological polar surface area (TPSA) is 49.3 Å². The van der Waals surface area contributed by atoms with Gasteiger partial charge in [-0.1, -0.05) is 13.0 Å². The maximum Gasteiger partial charge on any atom is 0.144 e. The molecule has 1 aliphatic heterocycles. The lowest BCUT2D eigenvalue weighted by Crippen LogP contribution is -2.52. The van der Waals surface area contributed by atoms with Crippen LogP contribution in [0.4, 0.5) is 0 Å². The van der Waals surface area contributed by atoms with Gasteiger partial charge in [0, 0.05) is 49.8 Å². The smallest absolute Gasteiger partial charge is 0.144 e. The first-order valence-electron chi connectivity index (χ1n) is 8.97. The molecule has 1 aromatic carbocycles. The molecule has 1 fully saturated rings. The highest BCUT2D eigenvalue weighted by atomic mass is 16.1. The van der Waals surface area contributed by atoms with Crippen LogP contribution in [0.3, 0.4) is 0 Å². The van der Waals surface area contributed by atoms with Crippen LogP contribution in [0, 0.1) is 0 Å². The molecule has 0 amide bonds. The van der Waals surface area contributed by atoms with E-state index in [1.807, 2.05) is 6.92 Å². The predicted molar refractivity (Wildman–Crippen MR) is 100 cm³/mol. The molecule has 1 aliphatic rings. The third-order valence-electron chi connectivity index (χ3n) is 5.27. The normalized spacial score (nSPS) is 20.7. The van der Waals surface area contributed by atoms with Crippen LogP contribution < -0.4 is 0 Å². The summed E-state index contributed by atoms with van der Waals surface area (Å²) in [4.78, 5) is 24.5. The number of hydrogen-bond acceptors (Lipinski definition) is 5. The highest BCUT2D eigenvalue weighted by molar-refractivity contribution is 5.74. The van der Waals surface area contributed by atoms with Gasteiger partial charge in [-0.3, -0.25) is 19.7 Å². The number of fused-ring (bicyclic) bond motifs is 1. The van der Waals surface area contributed by atoms with Crippen molar-refractivity contribution in [2.75, 3.05) is 19.6 Å². The van der Waals surface area contributed by atoms with Gasteiger partial charge in [-0.25, -0.2) is 0 Å². The minimum absolute atomic E-state index is 0.331. The number of carbonyl (C=O) groups excluding carboxylic acids is 1. The van der Waals surface area contributed by atoms with Crippen molar-refractivity contribution in [2.45, 2.75) is 39.3 Å². The van der Waals surface area contributed by atoms with Crippen LogP contribution in [-0.2, 0) is 4.79 Å². The number of allylic oxidation sites excluding steroid dienone is 2. The number of aldehydes is 1. The summed E-state index contributed by atoms with van der Waals surface area (Å²) in [5.74, 6) is 0. The van der Waals surface area contributed by atoms with Crippen LogP contribution in [0.15, 0.2) is 42.4 Å². The third kappa shape index (κ3) is 3.71. The summed E-state index contributed by atoms with van der Waals surface area (Å²) in [7, 11) is 0. The van der Waals surface area contributed by atoms with Gasteiger partial charge < -0.3 is 4.90 Å². The third-order valence-corrected chi connectivity index (χ3v) is 5.27. The number of nitrogens with zero attached hydrogens (tertiary/aromatic N) is 4. The van der Waals surface area contributed by atoms with Gasteiger partial charge in [0.05, 0.1) is 11.0 Å². The molecule has 1 aromatic heterocycles. The van der Waals surface area contributed by atoms with E-state index in [2.05, 4.69) is 51.8 Å². The van der Waals surface area contributed by atoms with E-state index in [1.54, 1.807) is 18.5 Å². The zero-order valence-electron chi connectivity index (χ0n) is 15.2. The fraction of sp³-hybridized carbons (Fsp3) is 0.450.